The second-order valence-corrected chi connectivity index (χ2v) is 50.4. The molecule has 0 bridgehead atoms. The maximum atomic E-state index is 13.9. The summed E-state index contributed by atoms with van der Waals surface area (Å²) >= 11 is 16.5. The molecule has 2 N–H and O–H groups in total. The van der Waals surface area contributed by atoms with E-state index >= 15 is 0 Å². The SMILES string of the molecule is CI.Cc1cc(Br)cc2c(=O)n(COCC[Si](C)(C)C)c(-c3cc4ccsc4cn3)nc12.Cc1cc(CCC2OCCO2)cc2c(=O)n(COCC[Si](C)(C)C)c(-c3cc4ccsc4cn3)nc12.Cc1cc(CCC=O)cc2c(=O)[nH]c(-c3cc4ccsc4cn3)nc12.Cc1cc(CCCN2CCOCC2)cc2c(=O)[nH]c(-c3cc4ccsc4cn3)nc12.[CH2-]CC1OCCO1.[Zn+][Br]. The Labute approximate surface area is 823 Å². The molecule has 3 aliphatic heterocycles. The van der Waals surface area contributed by atoms with Gasteiger partial charge in [0, 0.05) is 84.6 Å². The molecule has 4 aromatic carbocycles. The van der Waals surface area contributed by atoms with E-state index in [1.54, 1.807) is 60.7 Å². The molecule has 3 saturated heterocycles. The van der Waals surface area contributed by atoms with Crippen molar-refractivity contribution in [2.45, 2.75) is 150 Å². The van der Waals surface area contributed by atoms with Crippen LogP contribution < -0.4 is 22.2 Å². The number of thiophene rings is 4. The van der Waals surface area contributed by atoms with Gasteiger partial charge in [0.25, 0.3) is 22.2 Å². The van der Waals surface area contributed by atoms with Crippen molar-refractivity contribution in [1.29, 1.82) is 0 Å². The fourth-order valence-electron chi connectivity index (χ4n) is 15.3. The topological polar surface area (TPSA) is 298 Å². The van der Waals surface area contributed by atoms with Crippen molar-refractivity contribution >= 4 is 204 Å². The van der Waals surface area contributed by atoms with Gasteiger partial charge in [0.15, 0.2) is 29.6 Å². The number of hydrogen-bond acceptors (Lipinski definition) is 25. The molecule has 0 saturated carbocycles. The first-order valence-corrected chi connectivity index (χ1v) is 64.6. The number of aldehydes is 1. The Morgan fingerprint density at radius 1 is 0.500 bits per heavy atom. The van der Waals surface area contributed by atoms with Crippen LogP contribution in [-0.4, -0.2) is 176 Å². The summed E-state index contributed by atoms with van der Waals surface area (Å²) in [5.41, 5.74) is 12.1. The van der Waals surface area contributed by atoms with Crippen LogP contribution in [0.2, 0.25) is 51.4 Å². The van der Waals surface area contributed by atoms with E-state index in [1.807, 2.05) is 139 Å². The molecule has 132 heavy (non-hydrogen) atoms. The van der Waals surface area contributed by atoms with Crippen LogP contribution in [0.5, 0.6) is 0 Å². The van der Waals surface area contributed by atoms with Crippen LogP contribution >= 0.6 is 97.5 Å². The van der Waals surface area contributed by atoms with Crippen molar-refractivity contribution in [2.75, 3.05) is 77.4 Å². The first-order chi connectivity index (χ1) is 63.8. The van der Waals surface area contributed by atoms with Crippen molar-refractivity contribution in [3.63, 3.8) is 0 Å². The molecule has 688 valence electrons. The summed E-state index contributed by atoms with van der Waals surface area (Å²) in [5.74, 6) is 2.06. The second-order valence-electron chi connectivity index (χ2n) is 34.5. The molecular weight excluding hydrogens is 2080 g/mol. The number of rotatable bonds is 25. The predicted octanol–water partition coefficient (Wildman–Crippen LogP) is 21.5. The van der Waals surface area contributed by atoms with Crippen molar-refractivity contribution in [3.05, 3.63) is 235 Å². The maximum absolute atomic E-state index is 13.9. The molecule has 25 nitrogen and oxygen atoms in total. The molecule has 16 aromatic rings. The van der Waals surface area contributed by atoms with Crippen molar-refractivity contribution in [1.82, 2.24) is 63.9 Å². The van der Waals surface area contributed by atoms with E-state index in [4.69, 9.17) is 48.1 Å². The van der Waals surface area contributed by atoms with Crippen LogP contribution in [0.15, 0.2) is 167 Å². The average molecular weight is 2180 g/mol. The van der Waals surface area contributed by atoms with E-state index in [-0.39, 0.29) is 48.3 Å². The van der Waals surface area contributed by atoms with E-state index < -0.39 is 16.1 Å². The summed E-state index contributed by atoms with van der Waals surface area (Å²) in [4.78, 5) is 111. The van der Waals surface area contributed by atoms with Crippen molar-refractivity contribution in [3.8, 4) is 46.1 Å². The van der Waals surface area contributed by atoms with Gasteiger partial charge in [-0.3, -0.25) is 53.1 Å². The van der Waals surface area contributed by atoms with Gasteiger partial charge in [-0.05, 0) is 238 Å². The number of carbonyl (C=O) groups excluding carboxylic acids is 1. The molecule has 35 heteroatoms. The Kier molecular flexibility index (Phi) is 37.0. The number of H-pyrrole nitrogens is 2. The fraction of sp³-hybridized carbons (Fsp3) is 0.361. The van der Waals surface area contributed by atoms with E-state index in [1.165, 1.54) is 21.9 Å². The molecule has 0 atom stereocenters. The minimum absolute atomic E-state index is 0.0139. The zero-order valence-electron chi connectivity index (χ0n) is 76.1. The number of pyridine rings is 4. The Bertz CT molecular complexity index is 6950. The molecule has 15 heterocycles. The minimum atomic E-state index is -1.25. The summed E-state index contributed by atoms with van der Waals surface area (Å²) in [5, 5.41) is 14.9. The number of nitrogens with one attached hydrogen (secondary N) is 2. The number of aromatic nitrogens is 12. The van der Waals surface area contributed by atoms with Crippen LogP contribution in [0.25, 0.3) is 130 Å². The number of ether oxygens (including phenoxy) is 7. The van der Waals surface area contributed by atoms with E-state index in [0.717, 1.165) is 180 Å². The summed E-state index contributed by atoms with van der Waals surface area (Å²) in [7, 11) is -2.46. The summed E-state index contributed by atoms with van der Waals surface area (Å²) < 4.78 is 47.1. The Morgan fingerprint density at radius 3 is 1.30 bits per heavy atom. The van der Waals surface area contributed by atoms with Crippen LogP contribution in [0.4, 0.5) is 0 Å². The van der Waals surface area contributed by atoms with Gasteiger partial charge in [-0.1, -0.05) is 96.0 Å². The van der Waals surface area contributed by atoms with Crippen molar-refractivity contribution < 1.29 is 54.3 Å². The third-order valence-electron chi connectivity index (χ3n) is 22.3. The standard InChI is InChI=1S/C27H33N3O4SSi.C23H24N4O2S.C22H24BrN3O2SSi.C19H15N3O2S.C5H9O2.CH3I.BrH.Zn/c1-18-13-19(5-6-24-33-8-9-34-24)14-21-25(18)29-26(22-15-20-7-11-35-23(20)16-28-22)30(27(21)31)17-32-10-12-36(2,3)4;1-15-11-16(3-2-5-27-6-8-29-9-7-27)12-18-21(15)25-22(26-23(18)28)19-13-17-4-10-30-20(17)14-24-19;1-14-9-16(23)11-17-20(14)25-21(18-10-15-5-7-29-19(15)12-24-18)26(22(17)27)13-28-6-8-30(2,3)4;1-11-7-12(3-2-5-23)8-14-17(11)21-18(22-19(14)24)15-9-13-4-6-25-16(13)10-20-15;1-2-5-6-3-4-7-5;1-2;;/h7,11,13-16,24H,5-6,8-10,12,17H2,1-4H3;4,10-14H,2-3,5-9H2,1H3,(H,25,26,28);5,7,9-12H,6,8,13H2,1-4H3;4-10H,2-3H2,1H3,(H,21,22,24);5H,1-4H2;1H3;1H;/q;;;;-1;;;+2/p-1. The van der Waals surface area contributed by atoms with Crippen LogP contribution in [0.3, 0.4) is 0 Å². The molecule has 0 radical (unpaired) electrons. The third kappa shape index (κ3) is 26.6. The Morgan fingerprint density at radius 2 is 0.879 bits per heavy atom. The molecule has 12 aromatic heterocycles. The van der Waals surface area contributed by atoms with Crippen LogP contribution in [-0.2, 0) is 87.0 Å². The third-order valence-corrected chi connectivity index (χ3v) is 29.6. The predicted molar refractivity (Wildman–Crippen MR) is 555 cm³/mol. The summed E-state index contributed by atoms with van der Waals surface area (Å²) in [6, 6.07) is 34.0. The molecule has 3 fully saturated rings. The van der Waals surface area contributed by atoms with Gasteiger partial charge in [0.05, 0.1) is 102 Å². The Balaban J connectivity index is 0.000000145. The number of aromatic amines is 2. The zero-order chi connectivity index (χ0) is 93.8. The molecule has 19 rings (SSSR count). The molecule has 3 aliphatic rings. The normalized spacial score (nSPS) is 13.8. The van der Waals surface area contributed by atoms with E-state index in [2.05, 4.69) is 168 Å². The number of aryl methyl sites for hydroxylation is 7. The van der Waals surface area contributed by atoms with Crippen LogP contribution in [0.1, 0.15) is 64.6 Å². The van der Waals surface area contributed by atoms with Gasteiger partial charge in [-0.25, -0.2) is 19.9 Å². The molecule has 0 amide bonds. The van der Waals surface area contributed by atoms with Gasteiger partial charge >= 0.3 is 30.0 Å². The van der Waals surface area contributed by atoms with Gasteiger partial charge in [-0.2, -0.15) is 0 Å². The van der Waals surface area contributed by atoms with Gasteiger partial charge in [0.2, 0.25) is 0 Å². The number of nitrogens with zero attached hydrogens (tertiary/aromatic N) is 11. The quantitative estimate of drug-likeness (QED) is 0.0134. The van der Waals surface area contributed by atoms with Crippen LogP contribution in [0, 0.1) is 34.6 Å². The molecule has 0 aliphatic carbocycles. The number of fused-ring (bicyclic) bond motifs is 8. The molecule has 0 spiro atoms. The number of halogens is 3. The number of morpholine rings is 1. The number of hydrogen-bond donors (Lipinski definition) is 2. The van der Waals surface area contributed by atoms with Gasteiger partial charge in [0.1, 0.15) is 48.8 Å². The van der Waals surface area contributed by atoms with Crippen molar-refractivity contribution in [2.24, 2.45) is 0 Å². The molecule has 0 unspecified atom stereocenters. The van der Waals surface area contributed by atoms with E-state index in [9.17, 15) is 24.0 Å². The zero-order valence-corrected chi connectivity index (χ0v) is 89.7. The first-order valence-electron chi connectivity index (χ1n) is 43.7. The summed E-state index contributed by atoms with van der Waals surface area (Å²) in [6.45, 7) is 34.5. The van der Waals surface area contributed by atoms with Gasteiger partial charge in [-0.15, -0.1) is 51.8 Å². The number of benzene rings is 4. The monoisotopic (exact) mass is 2180 g/mol. The summed E-state index contributed by atoms with van der Waals surface area (Å²) in [6.07, 6.45) is 13.4. The first kappa shape index (κ1) is 101. The Hall–Kier alpha value is -8.02. The average Bonchev–Trinajstić information content (AvgIpc) is 1.07. The van der Waals surface area contributed by atoms with E-state index in [0.29, 0.717) is 123 Å². The number of alkyl halides is 1. The second kappa shape index (κ2) is 48.1. The number of carbonyl (C=O) groups is 1. The van der Waals surface area contributed by atoms with Gasteiger partial charge < -0.3 is 54.8 Å². The molecular formula is C97H108Br2IN13O12S4Si2Zn. The fourth-order valence-corrected chi connectivity index (χ4v) is 20.4.